The van der Waals surface area contributed by atoms with Crippen molar-refractivity contribution in [1.82, 2.24) is 0 Å². The third-order valence-electron chi connectivity index (χ3n) is 3.84. The molecule has 6 nitrogen and oxygen atoms in total. The van der Waals surface area contributed by atoms with Crippen molar-refractivity contribution in [2.75, 3.05) is 20.5 Å². The summed E-state index contributed by atoms with van der Waals surface area (Å²) >= 11 is 0. The lowest BCUT2D eigenvalue weighted by Gasteiger charge is -2.18. The van der Waals surface area contributed by atoms with Gasteiger partial charge in [-0.15, -0.1) is 0 Å². The van der Waals surface area contributed by atoms with Gasteiger partial charge in [0.2, 0.25) is 0 Å². The van der Waals surface area contributed by atoms with Crippen LogP contribution in [0, 0.1) is 0 Å². The van der Waals surface area contributed by atoms with Crippen LogP contribution in [0.5, 0.6) is 5.75 Å². The van der Waals surface area contributed by atoms with Crippen molar-refractivity contribution in [3.63, 3.8) is 0 Å². The summed E-state index contributed by atoms with van der Waals surface area (Å²) in [7, 11) is 1.44. The molecule has 26 heavy (non-hydrogen) atoms. The lowest BCUT2D eigenvalue weighted by atomic mass is 10.00. The molecule has 0 bridgehead atoms. The topological polar surface area (TPSA) is 85.2 Å². The number of para-hydroxylation sites is 1. The van der Waals surface area contributed by atoms with Crippen molar-refractivity contribution in [2.24, 2.45) is 0 Å². The van der Waals surface area contributed by atoms with Crippen LogP contribution < -0.4 is 4.74 Å². The van der Waals surface area contributed by atoms with Gasteiger partial charge in [0.1, 0.15) is 18.6 Å². The van der Waals surface area contributed by atoms with E-state index in [1.165, 1.54) is 7.11 Å². The van der Waals surface area contributed by atoms with Crippen molar-refractivity contribution >= 4 is 5.78 Å². The molecule has 0 aliphatic heterocycles. The number of hydrogen-bond acceptors (Lipinski definition) is 6. The van der Waals surface area contributed by atoms with Gasteiger partial charge in [-0.1, -0.05) is 42.5 Å². The molecule has 0 amide bonds. The van der Waals surface area contributed by atoms with E-state index in [2.05, 4.69) is 0 Å². The zero-order valence-electron chi connectivity index (χ0n) is 14.7. The predicted octanol–water partition coefficient (Wildman–Crippen LogP) is 2.18. The maximum atomic E-state index is 12.3. The Morgan fingerprint density at radius 1 is 1.00 bits per heavy atom. The molecular weight excluding hydrogens is 336 g/mol. The Hall–Kier alpha value is -2.25. The van der Waals surface area contributed by atoms with E-state index in [0.717, 1.165) is 5.56 Å². The number of Topliss-reactive ketones (excluding diaryl/α,β-unsaturated/α-hetero) is 1. The first-order valence-corrected chi connectivity index (χ1v) is 8.36. The Morgan fingerprint density at radius 2 is 1.69 bits per heavy atom. The van der Waals surface area contributed by atoms with Crippen LogP contribution in [0.15, 0.2) is 54.6 Å². The third-order valence-corrected chi connectivity index (χ3v) is 3.84. The first-order chi connectivity index (χ1) is 12.6. The average molecular weight is 360 g/mol. The van der Waals surface area contributed by atoms with Crippen LogP contribution in [0.25, 0.3) is 0 Å². The van der Waals surface area contributed by atoms with Gasteiger partial charge in [-0.05, 0) is 24.1 Å². The van der Waals surface area contributed by atoms with Gasteiger partial charge in [-0.3, -0.25) is 4.79 Å². The van der Waals surface area contributed by atoms with Crippen LogP contribution in [0.1, 0.15) is 22.3 Å². The summed E-state index contributed by atoms with van der Waals surface area (Å²) in [5.74, 6) is -0.232. The molecule has 2 atom stereocenters. The molecule has 0 radical (unpaired) electrons. The number of methoxy groups -OCH3 is 1. The monoisotopic (exact) mass is 360 g/mol. The molecule has 6 heteroatoms. The molecular formula is C20H24O6. The standard InChI is InChI=1S/C20H24O6/c1-24-18-10-6-5-9-16(18)19(22)20(23)17(21)11-12-25-14-26-13-15-7-3-2-4-8-15/h2-10,17,20-21,23H,11-14H2,1H3/t17-,20+/m0/s1. The highest BCUT2D eigenvalue weighted by Crippen LogP contribution is 2.20. The molecule has 0 heterocycles. The fourth-order valence-corrected chi connectivity index (χ4v) is 2.40. The molecule has 2 aromatic rings. The SMILES string of the molecule is COc1ccccc1C(=O)[C@H](O)[C@@H](O)CCOCOCc1ccccc1. The number of aliphatic hydroxyl groups excluding tert-OH is 2. The first kappa shape index (κ1) is 20.1. The summed E-state index contributed by atoms with van der Waals surface area (Å²) in [6.45, 7) is 0.655. The largest absolute Gasteiger partial charge is 0.496 e. The van der Waals surface area contributed by atoms with Crippen LogP contribution in [-0.4, -0.2) is 48.7 Å². The van der Waals surface area contributed by atoms with E-state index in [9.17, 15) is 15.0 Å². The van der Waals surface area contributed by atoms with E-state index in [1.54, 1.807) is 24.3 Å². The molecule has 0 saturated carbocycles. The Morgan fingerprint density at radius 3 is 2.42 bits per heavy atom. The molecule has 0 aromatic heterocycles. The summed E-state index contributed by atoms with van der Waals surface area (Å²) in [5.41, 5.74) is 1.27. The highest BCUT2D eigenvalue weighted by atomic mass is 16.7. The Labute approximate surface area is 152 Å². The van der Waals surface area contributed by atoms with Crippen molar-refractivity contribution in [2.45, 2.75) is 25.2 Å². The summed E-state index contributed by atoms with van der Waals surface area (Å²) < 4.78 is 15.7. The van der Waals surface area contributed by atoms with Crippen molar-refractivity contribution in [3.05, 3.63) is 65.7 Å². The number of aliphatic hydroxyl groups is 2. The van der Waals surface area contributed by atoms with Gasteiger partial charge in [0.05, 0.1) is 32.0 Å². The highest BCUT2D eigenvalue weighted by molar-refractivity contribution is 6.02. The van der Waals surface area contributed by atoms with Gasteiger partial charge in [0.15, 0.2) is 5.78 Å². The lowest BCUT2D eigenvalue weighted by Crippen LogP contribution is -2.35. The molecule has 2 rings (SSSR count). The second-order valence-electron chi connectivity index (χ2n) is 5.73. The lowest BCUT2D eigenvalue weighted by molar-refractivity contribution is -0.0736. The molecule has 0 aliphatic rings. The van der Waals surface area contributed by atoms with Gasteiger partial charge >= 0.3 is 0 Å². The minimum atomic E-state index is -1.54. The van der Waals surface area contributed by atoms with Crippen LogP contribution in [0.2, 0.25) is 0 Å². The molecule has 0 aliphatic carbocycles. The Balaban J connectivity index is 1.70. The summed E-state index contributed by atoms with van der Waals surface area (Å²) in [5, 5.41) is 20.1. The molecule has 2 aromatic carbocycles. The van der Waals surface area contributed by atoms with Crippen LogP contribution >= 0.6 is 0 Å². The number of carbonyl (C=O) groups is 1. The normalized spacial score (nSPS) is 13.2. The molecule has 0 unspecified atom stereocenters. The van der Waals surface area contributed by atoms with Crippen molar-refractivity contribution in [1.29, 1.82) is 0 Å². The van der Waals surface area contributed by atoms with Crippen LogP contribution in [0.3, 0.4) is 0 Å². The highest BCUT2D eigenvalue weighted by Gasteiger charge is 2.27. The van der Waals surface area contributed by atoms with Gasteiger partial charge in [-0.25, -0.2) is 0 Å². The summed E-state index contributed by atoms with van der Waals surface area (Å²) in [6.07, 6.45) is -2.67. The van der Waals surface area contributed by atoms with Crippen molar-refractivity contribution in [3.8, 4) is 5.75 Å². The second-order valence-corrected chi connectivity index (χ2v) is 5.73. The van der Waals surface area contributed by atoms with Gasteiger partial charge in [0, 0.05) is 0 Å². The minimum Gasteiger partial charge on any atom is -0.496 e. The fraction of sp³-hybridized carbons (Fsp3) is 0.350. The molecule has 2 N–H and O–H groups in total. The predicted molar refractivity (Wildman–Crippen MR) is 96.0 cm³/mol. The van der Waals surface area contributed by atoms with E-state index >= 15 is 0 Å². The number of hydrogen-bond donors (Lipinski definition) is 2. The van der Waals surface area contributed by atoms with Gasteiger partial charge in [0.25, 0.3) is 0 Å². The van der Waals surface area contributed by atoms with Crippen molar-refractivity contribution < 1.29 is 29.2 Å². The van der Waals surface area contributed by atoms with E-state index in [-0.39, 0.29) is 25.4 Å². The molecule has 140 valence electrons. The molecule has 0 saturated heterocycles. The van der Waals surface area contributed by atoms with E-state index < -0.39 is 18.0 Å². The van der Waals surface area contributed by atoms with Gasteiger partial charge in [-0.2, -0.15) is 0 Å². The van der Waals surface area contributed by atoms with E-state index in [1.807, 2.05) is 30.3 Å². The summed E-state index contributed by atoms with van der Waals surface area (Å²) in [6, 6.07) is 16.2. The number of ketones is 1. The number of rotatable bonds is 11. The fourth-order valence-electron chi connectivity index (χ4n) is 2.40. The maximum Gasteiger partial charge on any atom is 0.197 e. The third kappa shape index (κ3) is 5.93. The Kier molecular flexibility index (Phi) is 8.24. The minimum absolute atomic E-state index is 0.0676. The maximum absolute atomic E-state index is 12.3. The quantitative estimate of drug-likeness (QED) is 0.363. The first-order valence-electron chi connectivity index (χ1n) is 8.36. The molecule has 0 spiro atoms. The summed E-state index contributed by atoms with van der Waals surface area (Å²) in [4.78, 5) is 12.3. The number of benzene rings is 2. The van der Waals surface area contributed by atoms with E-state index in [0.29, 0.717) is 12.4 Å². The number of carbonyl (C=O) groups excluding carboxylic acids is 1. The van der Waals surface area contributed by atoms with Crippen LogP contribution in [0.4, 0.5) is 0 Å². The average Bonchev–Trinajstić information content (AvgIpc) is 2.70. The zero-order chi connectivity index (χ0) is 18.8. The second kappa shape index (κ2) is 10.7. The Bertz CT molecular complexity index is 673. The van der Waals surface area contributed by atoms with Gasteiger partial charge < -0.3 is 24.4 Å². The smallest absolute Gasteiger partial charge is 0.197 e. The number of ether oxygens (including phenoxy) is 3. The van der Waals surface area contributed by atoms with E-state index in [4.69, 9.17) is 14.2 Å². The van der Waals surface area contributed by atoms with Crippen LogP contribution in [-0.2, 0) is 16.1 Å². The molecule has 0 fully saturated rings. The zero-order valence-corrected chi connectivity index (χ0v) is 14.7.